The van der Waals surface area contributed by atoms with Crippen molar-refractivity contribution in [3.8, 4) is 5.75 Å². The molecule has 1 aliphatic heterocycles. The second-order valence-electron chi connectivity index (χ2n) is 11.2. The molecule has 0 amide bonds. The van der Waals surface area contributed by atoms with Crippen molar-refractivity contribution in [1.29, 1.82) is 0 Å². The third-order valence-electron chi connectivity index (χ3n) is 9.64. The molecule has 2 atom stereocenters. The molecule has 1 spiro atoms. The molecule has 5 fully saturated rings. The lowest BCUT2D eigenvalue weighted by atomic mass is 9.39. The number of nitrogens with zero attached hydrogens (tertiary/aromatic N) is 2. The van der Waals surface area contributed by atoms with Crippen molar-refractivity contribution in [1.82, 2.24) is 0 Å². The topological polar surface area (TPSA) is 105 Å². The van der Waals surface area contributed by atoms with E-state index in [0.717, 1.165) is 30.1 Å². The maximum absolute atomic E-state index is 11.6. The highest BCUT2D eigenvalue weighted by Crippen LogP contribution is 2.72. The molecule has 1 saturated heterocycles. The molecule has 8 heteroatoms. The van der Waals surface area contributed by atoms with Crippen molar-refractivity contribution in [2.45, 2.75) is 57.7 Å². The number of hydrogen-bond donors (Lipinski definition) is 0. The Morgan fingerprint density at radius 2 is 1.66 bits per heavy atom. The smallest absolute Gasteiger partial charge is 0.283 e. The Labute approximate surface area is 203 Å². The fraction of sp³-hybridized carbons (Fsp3) is 0.556. The molecule has 2 aromatic rings. The van der Waals surface area contributed by atoms with Crippen molar-refractivity contribution in [2.75, 3.05) is 6.61 Å². The number of non-ortho nitro benzene ring substituents is 1. The highest BCUT2D eigenvalue weighted by atomic mass is 16.6. The van der Waals surface area contributed by atoms with Crippen LogP contribution in [0.4, 0.5) is 11.4 Å². The van der Waals surface area contributed by atoms with E-state index in [-0.39, 0.29) is 22.4 Å². The van der Waals surface area contributed by atoms with Gasteiger partial charge >= 0.3 is 0 Å². The van der Waals surface area contributed by atoms with Gasteiger partial charge in [-0.25, -0.2) is 0 Å². The van der Waals surface area contributed by atoms with Crippen LogP contribution in [0.15, 0.2) is 42.5 Å². The summed E-state index contributed by atoms with van der Waals surface area (Å²) in [5.74, 6) is 3.81. The molecule has 4 bridgehead atoms. The predicted molar refractivity (Wildman–Crippen MR) is 128 cm³/mol. The maximum atomic E-state index is 11.6. The number of benzene rings is 2. The molecular weight excluding hydrogens is 448 g/mol. The van der Waals surface area contributed by atoms with Crippen LogP contribution >= 0.6 is 0 Å². The molecule has 1 heterocycles. The molecule has 5 aliphatic rings. The van der Waals surface area contributed by atoms with Gasteiger partial charge in [0.1, 0.15) is 11.9 Å². The Balaban J connectivity index is 1.28. The Morgan fingerprint density at radius 1 is 0.971 bits per heavy atom. The third kappa shape index (κ3) is 3.22. The molecule has 2 unspecified atom stereocenters. The Hall–Kier alpha value is -3.00. The summed E-state index contributed by atoms with van der Waals surface area (Å²) in [7, 11) is 0. The van der Waals surface area contributed by atoms with Crippen LogP contribution in [-0.4, -0.2) is 16.5 Å². The summed E-state index contributed by atoms with van der Waals surface area (Å²) in [6.45, 7) is 4.79. The number of nitro groups is 2. The Bertz CT molecular complexity index is 1180. The number of hydrogen-bond acceptors (Lipinski definition) is 6. The first-order valence-electron chi connectivity index (χ1n) is 12.5. The van der Waals surface area contributed by atoms with Crippen LogP contribution in [0.5, 0.6) is 5.75 Å². The van der Waals surface area contributed by atoms with Gasteiger partial charge in [0, 0.05) is 11.5 Å². The first-order chi connectivity index (χ1) is 16.7. The van der Waals surface area contributed by atoms with Crippen LogP contribution in [0.3, 0.4) is 0 Å². The second kappa shape index (κ2) is 7.75. The van der Waals surface area contributed by atoms with Gasteiger partial charge in [0.2, 0.25) is 0 Å². The van der Waals surface area contributed by atoms with Crippen molar-refractivity contribution in [2.24, 2.45) is 29.1 Å². The van der Waals surface area contributed by atoms with E-state index in [0.29, 0.717) is 23.1 Å². The molecule has 7 rings (SSSR count). The number of rotatable bonds is 6. The molecule has 184 valence electrons. The first-order valence-corrected chi connectivity index (χ1v) is 12.5. The normalized spacial score (nSPS) is 35.5. The summed E-state index contributed by atoms with van der Waals surface area (Å²) in [6, 6.07) is 11.6. The summed E-state index contributed by atoms with van der Waals surface area (Å²) < 4.78 is 12.6. The molecule has 35 heavy (non-hydrogen) atoms. The van der Waals surface area contributed by atoms with E-state index in [1.165, 1.54) is 44.2 Å². The summed E-state index contributed by atoms with van der Waals surface area (Å²) in [5.41, 5.74) is 0.587. The van der Waals surface area contributed by atoms with Crippen LogP contribution in [-0.2, 0) is 10.3 Å². The summed E-state index contributed by atoms with van der Waals surface area (Å²) >= 11 is 0. The van der Waals surface area contributed by atoms with Gasteiger partial charge in [-0.1, -0.05) is 12.1 Å². The quantitative estimate of drug-likeness (QED) is 0.355. The fourth-order valence-electron chi connectivity index (χ4n) is 8.13. The molecular formula is C27H30N2O6. The first kappa shape index (κ1) is 22.5. The average molecular weight is 479 g/mol. The highest BCUT2D eigenvalue weighted by Gasteiger charge is 2.70. The zero-order chi connectivity index (χ0) is 24.5. The van der Waals surface area contributed by atoms with Crippen molar-refractivity contribution < 1.29 is 19.3 Å². The molecule has 0 N–H and O–H groups in total. The lowest BCUT2D eigenvalue weighted by Crippen LogP contribution is -2.70. The molecule has 8 nitrogen and oxygen atoms in total. The summed E-state index contributed by atoms with van der Waals surface area (Å²) in [6.07, 6.45) is 6.05. The van der Waals surface area contributed by atoms with Crippen LogP contribution in [0, 0.1) is 49.3 Å². The molecule has 4 aliphatic carbocycles. The van der Waals surface area contributed by atoms with Crippen molar-refractivity contribution in [3.63, 3.8) is 0 Å². The minimum atomic E-state index is -0.656. The largest absolute Gasteiger partial charge is 0.486 e. The SMILES string of the molecule is CC(Oc1cccc(C2(C)OCC23C2CC4CC(C2)CC3C4)c1)c1ccc([N+](=O)[O-])cc1[N+](=O)[O-]. The Morgan fingerprint density at radius 3 is 2.23 bits per heavy atom. The van der Waals surface area contributed by atoms with Gasteiger partial charge in [-0.15, -0.1) is 0 Å². The molecule has 0 aromatic heterocycles. The van der Waals surface area contributed by atoms with E-state index in [9.17, 15) is 20.2 Å². The van der Waals surface area contributed by atoms with E-state index >= 15 is 0 Å². The number of nitro benzene ring substituents is 2. The fourth-order valence-corrected chi connectivity index (χ4v) is 8.13. The summed E-state index contributed by atoms with van der Waals surface area (Å²) in [5, 5.41) is 22.7. The minimum Gasteiger partial charge on any atom is -0.486 e. The van der Waals surface area contributed by atoms with Gasteiger partial charge in [-0.05, 0) is 93.4 Å². The minimum absolute atomic E-state index is 0.182. The van der Waals surface area contributed by atoms with Crippen LogP contribution in [0.2, 0.25) is 0 Å². The Kier molecular flexibility index (Phi) is 4.97. The van der Waals surface area contributed by atoms with Gasteiger partial charge in [-0.2, -0.15) is 0 Å². The van der Waals surface area contributed by atoms with Gasteiger partial charge in [0.05, 0.1) is 33.7 Å². The maximum Gasteiger partial charge on any atom is 0.283 e. The lowest BCUT2D eigenvalue weighted by Gasteiger charge is -2.71. The van der Waals surface area contributed by atoms with E-state index < -0.39 is 16.0 Å². The number of ether oxygens (including phenoxy) is 2. The standard InChI is InChI=1S/C27H30N2O6/c1-16(24-7-6-22(28(30)31)14-25(24)29(32)33)35-23-5-3-4-19(13-23)26(2)27(15-34-26)20-9-17-8-18(11-20)12-21(27)10-17/h3-7,13-14,16-18,20-21H,8-12,15H2,1-2H3. The van der Waals surface area contributed by atoms with Crippen LogP contribution in [0.25, 0.3) is 0 Å². The molecule has 2 aromatic carbocycles. The molecule has 0 radical (unpaired) electrons. The van der Waals surface area contributed by atoms with E-state index in [1.54, 1.807) is 6.92 Å². The van der Waals surface area contributed by atoms with E-state index in [1.807, 2.05) is 18.2 Å². The van der Waals surface area contributed by atoms with Crippen molar-refractivity contribution >= 4 is 11.4 Å². The lowest BCUT2D eigenvalue weighted by molar-refractivity contribution is -0.394. The second-order valence-corrected chi connectivity index (χ2v) is 11.2. The van der Waals surface area contributed by atoms with Crippen LogP contribution in [0.1, 0.15) is 63.2 Å². The molecule has 4 saturated carbocycles. The monoisotopic (exact) mass is 478 g/mol. The van der Waals surface area contributed by atoms with E-state index in [4.69, 9.17) is 9.47 Å². The predicted octanol–water partition coefficient (Wildman–Crippen LogP) is 6.33. The highest BCUT2D eigenvalue weighted by molar-refractivity contribution is 5.50. The van der Waals surface area contributed by atoms with Gasteiger partial charge in [-0.3, -0.25) is 20.2 Å². The third-order valence-corrected chi connectivity index (χ3v) is 9.64. The summed E-state index contributed by atoms with van der Waals surface area (Å²) in [4.78, 5) is 21.4. The van der Waals surface area contributed by atoms with Crippen LogP contribution < -0.4 is 4.74 Å². The van der Waals surface area contributed by atoms with E-state index in [2.05, 4.69) is 13.0 Å². The van der Waals surface area contributed by atoms with Gasteiger partial charge in [0.25, 0.3) is 11.4 Å². The average Bonchev–Trinajstić information content (AvgIpc) is 2.82. The van der Waals surface area contributed by atoms with Crippen molar-refractivity contribution in [3.05, 3.63) is 73.8 Å². The zero-order valence-corrected chi connectivity index (χ0v) is 20.0. The van der Waals surface area contributed by atoms with Gasteiger partial charge in [0.15, 0.2) is 0 Å². The van der Waals surface area contributed by atoms with Gasteiger partial charge < -0.3 is 9.47 Å². The zero-order valence-electron chi connectivity index (χ0n) is 20.0.